The van der Waals surface area contributed by atoms with Crippen LogP contribution in [0.15, 0.2) is 77.3 Å². The largest absolute Gasteiger partial charge is 0.483 e. The van der Waals surface area contributed by atoms with Crippen molar-refractivity contribution in [3.63, 3.8) is 0 Å². The van der Waals surface area contributed by atoms with Gasteiger partial charge in [-0.25, -0.2) is 0 Å². The number of carbonyl (C=O) groups excluding carboxylic acids is 2. The van der Waals surface area contributed by atoms with Gasteiger partial charge < -0.3 is 15.0 Å². The highest BCUT2D eigenvalue weighted by molar-refractivity contribution is 9.10. The Labute approximate surface area is 191 Å². The van der Waals surface area contributed by atoms with E-state index in [9.17, 15) is 9.59 Å². The normalized spacial score (nSPS) is 10.4. The Balaban J connectivity index is 1.64. The van der Waals surface area contributed by atoms with Crippen molar-refractivity contribution in [2.75, 3.05) is 23.4 Å². The molecule has 3 rings (SSSR count). The second-order valence-corrected chi connectivity index (χ2v) is 7.78. The number of para-hydroxylation sites is 1. The molecule has 0 saturated heterocycles. The first-order valence-corrected chi connectivity index (χ1v) is 11.0. The standard InChI is InChI=1S/C25H25BrN2O3/c1-3-18-13-14-23(22(26)15-18)31-17-24(29)27-20-10-8-9-19(16-20)25(30)28(4-2)21-11-6-5-7-12-21/h5-16H,3-4,17H2,1-2H3,(H,27,29). The predicted molar refractivity (Wildman–Crippen MR) is 128 cm³/mol. The van der Waals surface area contributed by atoms with Crippen LogP contribution in [0.4, 0.5) is 11.4 Å². The molecular weight excluding hydrogens is 456 g/mol. The molecule has 0 unspecified atom stereocenters. The number of nitrogens with zero attached hydrogens (tertiary/aromatic N) is 1. The van der Waals surface area contributed by atoms with Crippen LogP contribution in [0.5, 0.6) is 5.75 Å². The van der Waals surface area contributed by atoms with E-state index in [1.54, 1.807) is 29.2 Å². The molecule has 5 nitrogen and oxygen atoms in total. The number of benzene rings is 3. The van der Waals surface area contributed by atoms with Gasteiger partial charge in [0.2, 0.25) is 0 Å². The van der Waals surface area contributed by atoms with Gasteiger partial charge in [0.05, 0.1) is 4.47 Å². The number of rotatable bonds is 8. The fraction of sp³-hybridized carbons (Fsp3) is 0.200. The molecule has 1 N–H and O–H groups in total. The molecule has 160 valence electrons. The third-order valence-corrected chi connectivity index (χ3v) is 5.41. The molecular formula is C25H25BrN2O3. The van der Waals surface area contributed by atoms with Crippen LogP contribution in [-0.4, -0.2) is 25.0 Å². The fourth-order valence-corrected chi connectivity index (χ4v) is 3.70. The molecule has 2 amide bonds. The number of ether oxygens (including phenoxy) is 1. The summed E-state index contributed by atoms with van der Waals surface area (Å²) in [4.78, 5) is 27.1. The molecule has 0 aliphatic rings. The van der Waals surface area contributed by atoms with E-state index in [0.717, 1.165) is 16.6 Å². The first-order chi connectivity index (χ1) is 15.0. The maximum atomic E-state index is 13.0. The highest BCUT2D eigenvalue weighted by Crippen LogP contribution is 2.26. The van der Waals surface area contributed by atoms with Crippen molar-refractivity contribution in [3.05, 3.63) is 88.4 Å². The molecule has 3 aromatic carbocycles. The first kappa shape index (κ1) is 22.6. The fourth-order valence-electron chi connectivity index (χ4n) is 3.16. The van der Waals surface area contributed by atoms with Crippen LogP contribution in [0.3, 0.4) is 0 Å². The smallest absolute Gasteiger partial charge is 0.262 e. The van der Waals surface area contributed by atoms with Gasteiger partial charge in [0.1, 0.15) is 5.75 Å². The van der Waals surface area contributed by atoms with Gasteiger partial charge >= 0.3 is 0 Å². The van der Waals surface area contributed by atoms with Crippen LogP contribution in [0.2, 0.25) is 0 Å². The van der Waals surface area contributed by atoms with Gasteiger partial charge in [-0.05, 0) is 77.3 Å². The molecule has 0 fully saturated rings. The van der Waals surface area contributed by atoms with Crippen molar-refractivity contribution in [1.29, 1.82) is 0 Å². The molecule has 0 heterocycles. The highest BCUT2D eigenvalue weighted by Gasteiger charge is 2.16. The Morgan fingerprint density at radius 3 is 2.42 bits per heavy atom. The van der Waals surface area contributed by atoms with E-state index >= 15 is 0 Å². The predicted octanol–water partition coefficient (Wildman–Crippen LogP) is 5.70. The minimum Gasteiger partial charge on any atom is -0.483 e. The number of nitrogens with one attached hydrogen (secondary N) is 1. The Bertz CT molecular complexity index is 1050. The van der Waals surface area contributed by atoms with Crippen molar-refractivity contribution >= 4 is 39.1 Å². The molecule has 0 aliphatic heterocycles. The molecule has 0 aromatic heterocycles. The molecule has 0 saturated carbocycles. The summed E-state index contributed by atoms with van der Waals surface area (Å²) >= 11 is 3.47. The van der Waals surface area contributed by atoms with Gasteiger partial charge in [-0.2, -0.15) is 0 Å². The van der Waals surface area contributed by atoms with E-state index in [2.05, 4.69) is 28.2 Å². The van der Waals surface area contributed by atoms with Crippen molar-refractivity contribution in [3.8, 4) is 5.75 Å². The van der Waals surface area contributed by atoms with Crippen molar-refractivity contribution < 1.29 is 14.3 Å². The average Bonchev–Trinajstić information content (AvgIpc) is 2.79. The SMILES string of the molecule is CCc1ccc(OCC(=O)Nc2cccc(C(=O)N(CC)c3ccccc3)c2)c(Br)c1. The van der Waals surface area contributed by atoms with E-state index < -0.39 is 0 Å². The van der Waals surface area contributed by atoms with E-state index in [-0.39, 0.29) is 18.4 Å². The zero-order valence-electron chi connectivity index (χ0n) is 17.6. The van der Waals surface area contributed by atoms with Crippen molar-refractivity contribution in [1.82, 2.24) is 0 Å². The minimum atomic E-state index is -0.300. The lowest BCUT2D eigenvalue weighted by atomic mass is 10.1. The van der Waals surface area contributed by atoms with E-state index in [0.29, 0.717) is 23.5 Å². The molecule has 0 aliphatic carbocycles. The van der Waals surface area contributed by atoms with Crippen LogP contribution < -0.4 is 15.0 Å². The first-order valence-electron chi connectivity index (χ1n) is 10.2. The molecule has 31 heavy (non-hydrogen) atoms. The van der Waals surface area contributed by atoms with Gasteiger partial charge in [-0.1, -0.05) is 37.3 Å². The average molecular weight is 481 g/mol. The van der Waals surface area contributed by atoms with Crippen LogP contribution in [-0.2, 0) is 11.2 Å². The lowest BCUT2D eigenvalue weighted by molar-refractivity contribution is -0.118. The summed E-state index contributed by atoms with van der Waals surface area (Å²) in [5, 5.41) is 2.80. The second kappa shape index (κ2) is 10.8. The topological polar surface area (TPSA) is 58.6 Å². The number of carbonyl (C=O) groups is 2. The van der Waals surface area contributed by atoms with Crippen LogP contribution in [0, 0.1) is 0 Å². The number of halogens is 1. The van der Waals surface area contributed by atoms with Crippen molar-refractivity contribution in [2.24, 2.45) is 0 Å². The van der Waals surface area contributed by atoms with Gasteiger partial charge in [-0.15, -0.1) is 0 Å². The summed E-state index contributed by atoms with van der Waals surface area (Å²) in [6.07, 6.45) is 0.925. The van der Waals surface area contributed by atoms with Crippen LogP contribution >= 0.6 is 15.9 Å². The van der Waals surface area contributed by atoms with Crippen molar-refractivity contribution in [2.45, 2.75) is 20.3 Å². The third kappa shape index (κ3) is 5.95. The molecule has 0 atom stereocenters. The maximum absolute atomic E-state index is 13.0. The summed E-state index contributed by atoms with van der Waals surface area (Å²) in [6, 6.07) is 22.2. The van der Waals surface area contributed by atoms with Crippen LogP contribution in [0.25, 0.3) is 0 Å². The number of hydrogen-bond acceptors (Lipinski definition) is 3. The summed E-state index contributed by atoms with van der Waals surface area (Å²) in [5.41, 5.74) is 3.06. The quantitative estimate of drug-likeness (QED) is 0.450. The Kier molecular flexibility index (Phi) is 7.84. The van der Waals surface area contributed by atoms with Gasteiger partial charge in [0.15, 0.2) is 6.61 Å². The van der Waals surface area contributed by atoms with Gasteiger partial charge in [0.25, 0.3) is 11.8 Å². The van der Waals surface area contributed by atoms with E-state index in [4.69, 9.17) is 4.74 Å². The highest BCUT2D eigenvalue weighted by atomic mass is 79.9. The molecule has 0 bridgehead atoms. The summed E-state index contributed by atoms with van der Waals surface area (Å²) in [6.45, 7) is 4.42. The third-order valence-electron chi connectivity index (χ3n) is 4.79. The van der Waals surface area contributed by atoms with Gasteiger partial charge in [-0.3, -0.25) is 9.59 Å². The number of hydrogen-bond donors (Lipinski definition) is 1. The molecule has 0 radical (unpaired) electrons. The van der Waals surface area contributed by atoms with E-state index in [1.807, 2.05) is 55.5 Å². The number of aryl methyl sites for hydroxylation is 1. The summed E-state index contributed by atoms with van der Waals surface area (Å²) < 4.78 is 6.44. The number of anilines is 2. The Morgan fingerprint density at radius 1 is 0.968 bits per heavy atom. The number of amides is 2. The Hall–Kier alpha value is -3.12. The molecule has 0 spiro atoms. The summed E-state index contributed by atoms with van der Waals surface area (Å²) in [5.74, 6) is 0.185. The second-order valence-electron chi connectivity index (χ2n) is 6.92. The Morgan fingerprint density at radius 2 is 1.74 bits per heavy atom. The lowest BCUT2D eigenvalue weighted by Gasteiger charge is -2.21. The minimum absolute atomic E-state index is 0.124. The maximum Gasteiger partial charge on any atom is 0.262 e. The molecule has 3 aromatic rings. The zero-order chi connectivity index (χ0) is 22.2. The molecule has 6 heteroatoms. The zero-order valence-corrected chi connectivity index (χ0v) is 19.2. The monoisotopic (exact) mass is 480 g/mol. The lowest BCUT2D eigenvalue weighted by Crippen LogP contribution is -2.30. The van der Waals surface area contributed by atoms with E-state index in [1.165, 1.54) is 5.56 Å². The van der Waals surface area contributed by atoms with Gasteiger partial charge in [0, 0.05) is 23.5 Å². The summed E-state index contributed by atoms with van der Waals surface area (Å²) in [7, 11) is 0. The van der Waals surface area contributed by atoms with Crippen LogP contribution in [0.1, 0.15) is 29.8 Å².